The van der Waals surface area contributed by atoms with Crippen LogP contribution in [-0.2, 0) is 9.59 Å². The summed E-state index contributed by atoms with van der Waals surface area (Å²) in [6.07, 6.45) is 0.742. The van der Waals surface area contributed by atoms with E-state index in [1.165, 1.54) is 26.4 Å². The minimum absolute atomic E-state index is 0.230. The maximum absolute atomic E-state index is 13.1. The second-order valence-electron chi connectivity index (χ2n) is 7.44. The van der Waals surface area contributed by atoms with Crippen molar-refractivity contribution in [2.45, 2.75) is 6.42 Å². The van der Waals surface area contributed by atoms with Crippen LogP contribution in [-0.4, -0.2) is 70.2 Å². The van der Waals surface area contributed by atoms with Gasteiger partial charge in [0.15, 0.2) is 11.5 Å². The fourth-order valence-corrected chi connectivity index (χ4v) is 3.57. The van der Waals surface area contributed by atoms with Crippen molar-refractivity contribution in [1.82, 2.24) is 10.2 Å². The molecule has 0 unspecified atom stereocenters. The lowest BCUT2D eigenvalue weighted by atomic mass is 10.2. The smallest absolute Gasteiger partial charge is 0.313 e. The van der Waals surface area contributed by atoms with Gasteiger partial charge in [0.25, 0.3) is 0 Å². The summed E-state index contributed by atoms with van der Waals surface area (Å²) in [6.45, 7) is 4.76. The highest BCUT2D eigenvalue weighted by atomic mass is 19.1. The molecule has 2 aromatic carbocycles. The molecule has 2 amide bonds. The monoisotopic (exact) mass is 444 g/mol. The predicted octanol–water partition coefficient (Wildman–Crippen LogP) is 2.11. The van der Waals surface area contributed by atoms with Crippen molar-refractivity contribution in [1.29, 1.82) is 0 Å². The fraction of sp³-hybridized carbons (Fsp3) is 0.391. The zero-order valence-electron chi connectivity index (χ0n) is 18.4. The summed E-state index contributed by atoms with van der Waals surface area (Å²) in [6, 6.07) is 11.4. The van der Waals surface area contributed by atoms with E-state index in [-0.39, 0.29) is 5.82 Å². The predicted molar refractivity (Wildman–Crippen MR) is 121 cm³/mol. The molecule has 1 heterocycles. The van der Waals surface area contributed by atoms with Gasteiger partial charge in [0.05, 0.1) is 14.2 Å². The second-order valence-corrected chi connectivity index (χ2v) is 7.44. The molecular formula is C23H29FN4O4. The number of nitrogens with zero attached hydrogens (tertiary/aromatic N) is 2. The first-order valence-electron chi connectivity index (χ1n) is 10.5. The van der Waals surface area contributed by atoms with Gasteiger partial charge >= 0.3 is 11.8 Å². The quantitative estimate of drug-likeness (QED) is 0.479. The van der Waals surface area contributed by atoms with Crippen LogP contribution in [0.4, 0.5) is 15.8 Å². The Morgan fingerprint density at radius 1 is 0.938 bits per heavy atom. The van der Waals surface area contributed by atoms with Crippen molar-refractivity contribution in [3.63, 3.8) is 0 Å². The minimum Gasteiger partial charge on any atom is -0.493 e. The molecule has 0 saturated carbocycles. The Kier molecular flexibility index (Phi) is 8.27. The molecule has 0 radical (unpaired) electrons. The zero-order chi connectivity index (χ0) is 22.9. The molecule has 1 aliphatic heterocycles. The van der Waals surface area contributed by atoms with Crippen molar-refractivity contribution in [3.8, 4) is 11.5 Å². The highest BCUT2D eigenvalue weighted by Crippen LogP contribution is 2.29. The van der Waals surface area contributed by atoms with Crippen LogP contribution in [0.25, 0.3) is 0 Å². The maximum atomic E-state index is 13.1. The first kappa shape index (κ1) is 23.3. The molecule has 3 rings (SSSR count). The molecular weight excluding hydrogens is 415 g/mol. The third-order valence-electron chi connectivity index (χ3n) is 5.35. The van der Waals surface area contributed by atoms with Gasteiger partial charge < -0.3 is 25.0 Å². The molecule has 0 aliphatic carbocycles. The van der Waals surface area contributed by atoms with Gasteiger partial charge in [-0.05, 0) is 49.4 Å². The molecule has 2 aromatic rings. The fourth-order valence-electron chi connectivity index (χ4n) is 3.57. The van der Waals surface area contributed by atoms with Crippen LogP contribution < -0.4 is 25.0 Å². The molecule has 0 atom stereocenters. The van der Waals surface area contributed by atoms with Gasteiger partial charge in [0.2, 0.25) is 0 Å². The van der Waals surface area contributed by atoms with Crippen LogP contribution in [0, 0.1) is 5.82 Å². The largest absolute Gasteiger partial charge is 0.493 e. The lowest BCUT2D eigenvalue weighted by Gasteiger charge is -2.36. The minimum atomic E-state index is -0.731. The molecule has 2 N–H and O–H groups in total. The standard InChI is InChI=1S/C23H29FN4O4/c1-31-20-9-6-18(16-21(20)32-2)26-23(30)22(29)25-10-3-11-27-12-14-28(15-13-27)19-7-4-17(24)5-8-19/h4-9,16H,3,10-15H2,1-2H3,(H,25,29)(H,26,30). The highest BCUT2D eigenvalue weighted by Gasteiger charge is 2.18. The average Bonchev–Trinajstić information content (AvgIpc) is 2.82. The maximum Gasteiger partial charge on any atom is 0.313 e. The number of carbonyl (C=O) groups excluding carboxylic acids is 2. The van der Waals surface area contributed by atoms with Gasteiger partial charge in [-0.25, -0.2) is 4.39 Å². The van der Waals surface area contributed by atoms with Crippen LogP contribution in [0.3, 0.4) is 0 Å². The summed E-state index contributed by atoms with van der Waals surface area (Å²) < 4.78 is 23.4. The molecule has 0 spiro atoms. The van der Waals surface area contributed by atoms with Crippen molar-refractivity contribution in [2.24, 2.45) is 0 Å². The topological polar surface area (TPSA) is 83.1 Å². The number of ether oxygens (including phenoxy) is 2. The lowest BCUT2D eigenvalue weighted by molar-refractivity contribution is -0.136. The first-order chi connectivity index (χ1) is 15.5. The molecule has 1 saturated heterocycles. The zero-order valence-corrected chi connectivity index (χ0v) is 18.4. The van der Waals surface area contributed by atoms with Crippen molar-refractivity contribution >= 4 is 23.2 Å². The number of nitrogens with one attached hydrogen (secondary N) is 2. The van der Waals surface area contributed by atoms with E-state index >= 15 is 0 Å². The average molecular weight is 445 g/mol. The Bertz CT molecular complexity index is 915. The summed E-state index contributed by atoms with van der Waals surface area (Å²) in [5, 5.41) is 5.21. The number of methoxy groups -OCH3 is 2. The molecule has 172 valence electrons. The summed E-state index contributed by atoms with van der Waals surface area (Å²) in [5.74, 6) is -0.642. The third-order valence-corrected chi connectivity index (χ3v) is 5.35. The molecule has 1 fully saturated rings. The van der Waals surface area contributed by atoms with E-state index < -0.39 is 11.8 Å². The van der Waals surface area contributed by atoms with Crippen molar-refractivity contribution in [2.75, 3.05) is 63.7 Å². The van der Waals surface area contributed by atoms with Crippen molar-refractivity contribution < 1.29 is 23.5 Å². The number of hydrogen-bond donors (Lipinski definition) is 2. The van der Waals surface area contributed by atoms with Gasteiger partial charge in [-0.2, -0.15) is 0 Å². The molecule has 0 bridgehead atoms. The van der Waals surface area contributed by atoms with Gasteiger partial charge in [-0.3, -0.25) is 14.5 Å². The molecule has 0 aromatic heterocycles. The van der Waals surface area contributed by atoms with Crippen LogP contribution in [0.1, 0.15) is 6.42 Å². The Hall–Kier alpha value is -3.33. The molecule has 1 aliphatic rings. The second kappa shape index (κ2) is 11.3. The number of rotatable bonds is 8. The Morgan fingerprint density at radius 2 is 1.62 bits per heavy atom. The molecule has 9 heteroatoms. The number of carbonyl (C=O) groups is 2. The number of hydrogen-bond acceptors (Lipinski definition) is 6. The normalized spacial score (nSPS) is 14.0. The highest BCUT2D eigenvalue weighted by molar-refractivity contribution is 6.39. The Morgan fingerprint density at radius 3 is 2.28 bits per heavy atom. The van der Waals surface area contributed by atoms with Gasteiger partial charge in [0.1, 0.15) is 5.82 Å². The van der Waals surface area contributed by atoms with E-state index in [1.807, 2.05) is 0 Å². The van der Waals surface area contributed by atoms with E-state index in [4.69, 9.17) is 9.47 Å². The van der Waals surface area contributed by atoms with Crippen LogP contribution in [0.5, 0.6) is 11.5 Å². The SMILES string of the molecule is COc1ccc(NC(=O)C(=O)NCCCN2CCN(c3ccc(F)cc3)CC2)cc1OC. The van der Waals surface area contributed by atoms with Crippen LogP contribution >= 0.6 is 0 Å². The van der Waals surface area contributed by atoms with E-state index in [0.717, 1.165) is 44.8 Å². The number of halogens is 1. The van der Waals surface area contributed by atoms with Crippen molar-refractivity contribution in [3.05, 3.63) is 48.3 Å². The third kappa shape index (κ3) is 6.34. The van der Waals surface area contributed by atoms with Crippen LogP contribution in [0.15, 0.2) is 42.5 Å². The van der Waals surface area contributed by atoms with E-state index in [1.54, 1.807) is 30.3 Å². The molecule has 32 heavy (non-hydrogen) atoms. The van der Waals surface area contributed by atoms with Gasteiger partial charge in [0, 0.05) is 50.2 Å². The Labute approximate surface area is 187 Å². The van der Waals surface area contributed by atoms with Gasteiger partial charge in [-0.1, -0.05) is 0 Å². The lowest BCUT2D eigenvalue weighted by Crippen LogP contribution is -2.47. The summed E-state index contributed by atoms with van der Waals surface area (Å²) in [4.78, 5) is 28.7. The summed E-state index contributed by atoms with van der Waals surface area (Å²) >= 11 is 0. The Balaban J connectivity index is 1.34. The van der Waals surface area contributed by atoms with E-state index in [2.05, 4.69) is 20.4 Å². The number of piperazine rings is 1. The van der Waals surface area contributed by atoms with E-state index in [9.17, 15) is 14.0 Å². The molecule has 8 nitrogen and oxygen atoms in total. The van der Waals surface area contributed by atoms with Gasteiger partial charge in [-0.15, -0.1) is 0 Å². The van der Waals surface area contributed by atoms with Crippen LogP contribution in [0.2, 0.25) is 0 Å². The number of amides is 2. The summed E-state index contributed by atoms with van der Waals surface area (Å²) in [7, 11) is 3.02. The van der Waals surface area contributed by atoms with E-state index in [0.29, 0.717) is 23.7 Å². The summed E-state index contributed by atoms with van der Waals surface area (Å²) in [5.41, 5.74) is 1.47. The number of anilines is 2. The first-order valence-corrected chi connectivity index (χ1v) is 10.5. The number of benzene rings is 2.